The maximum absolute atomic E-state index is 13.6. The molecule has 0 atom stereocenters. The van der Waals surface area contributed by atoms with Crippen molar-refractivity contribution in [3.8, 4) is 22.0 Å². The first-order valence-electron chi connectivity index (χ1n) is 8.71. The van der Waals surface area contributed by atoms with E-state index in [-0.39, 0.29) is 11.1 Å². The monoisotopic (exact) mass is 409 g/mol. The van der Waals surface area contributed by atoms with Crippen LogP contribution in [0.25, 0.3) is 22.0 Å². The van der Waals surface area contributed by atoms with Crippen LogP contribution in [0.4, 0.5) is 10.2 Å². The lowest BCUT2D eigenvalue weighted by molar-refractivity contribution is 0.102. The lowest BCUT2D eigenvalue weighted by Crippen LogP contribution is -2.15. The number of aromatic nitrogens is 4. The first-order chi connectivity index (χ1) is 13.9. The van der Waals surface area contributed by atoms with Gasteiger partial charge >= 0.3 is 0 Å². The fourth-order valence-electron chi connectivity index (χ4n) is 2.76. The summed E-state index contributed by atoms with van der Waals surface area (Å²) in [6, 6.07) is 5.33. The molecule has 4 heterocycles. The summed E-state index contributed by atoms with van der Waals surface area (Å²) in [6.07, 6.45) is 4.03. The van der Waals surface area contributed by atoms with E-state index in [9.17, 15) is 9.18 Å². The number of pyridine rings is 2. The Morgan fingerprint density at radius 1 is 1.17 bits per heavy atom. The van der Waals surface area contributed by atoms with Crippen LogP contribution >= 0.6 is 11.3 Å². The zero-order chi connectivity index (χ0) is 20.5. The van der Waals surface area contributed by atoms with Crippen LogP contribution in [0, 0.1) is 26.6 Å². The van der Waals surface area contributed by atoms with Gasteiger partial charge in [0.25, 0.3) is 5.91 Å². The second-order valence-corrected chi connectivity index (χ2v) is 7.63. The summed E-state index contributed by atoms with van der Waals surface area (Å²) < 4.78 is 18.7. The number of halogens is 1. The smallest absolute Gasteiger partial charge is 0.258 e. The molecule has 7 nitrogen and oxygen atoms in total. The first-order valence-corrected chi connectivity index (χ1v) is 9.53. The van der Waals surface area contributed by atoms with Gasteiger partial charge in [0.05, 0.1) is 17.5 Å². The van der Waals surface area contributed by atoms with Crippen molar-refractivity contribution in [1.82, 2.24) is 20.1 Å². The van der Waals surface area contributed by atoms with E-state index in [2.05, 4.69) is 25.4 Å². The largest absolute Gasteiger partial charge is 0.361 e. The normalized spacial score (nSPS) is 10.9. The summed E-state index contributed by atoms with van der Waals surface area (Å²) in [6.45, 7) is 5.33. The Morgan fingerprint density at radius 2 is 2.00 bits per heavy atom. The topological polar surface area (TPSA) is 93.8 Å². The van der Waals surface area contributed by atoms with Crippen molar-refractivity contribution in [2.24, 2.45) is 0 Å². The van der Waals surface area contributed by atoms with Gasteiger partial charge in [-0.05, 0) is 32.9 Å². The number of thiazole rings is 1. The highest BCUT2D eigenvalue weighted by Gasteiger charge is 2.16. The Kier molecular flexibility index (Phi) is 4.89. The molecular weight excluding hydrogens is 393 g/mol. The van der Waals surface area contributed by atoms with Gasteiger partial charge in [0.1, 0.15) is 28.1 Å². The third-order valence-corrected chi connectivity index (χ3v) is 5.31. The quantitative estimate of drug-likeness (QED) is 0.531. The molecule has 146 valence electrons. The summed E-state index contributed by atoms with van der Waals surface area (Å²) in [7, 11) is 0. The maximum Gasteiger partial charge on any atom is 0.258 e. The zero-order valence-corrected chi connectivity index (χ0v) is 16.7. The standard InChI is InChI=1S/C20H16FN5O2S/c1-10-6-16(26-28-10)20-25-18(12(3)29-20)13-4-5-17(23-7-13)24-19(27)14-8-22-9-15(21)11(14)2/h4-9H,1-3H3,(H,23,24,27). The van der Waals surface area contributed by atoms with E-state index in [4.69, 9.17) is 4.52 Å². The van der Waals surface area contributed by atoms with Crippen molar-refractivity contribution in [3.63, 3.8) is 0 Å². The molecule has 9 heteroatoms. The molecule has 1 amide bonds. The lowest BCUT2D eigenvalue weighted by atomic mass is 10.1. The molecule has 0 aliphatic rings. The van der Waals surface area contributed by atoms with Gasteiger partial charge in [0.15, 0.2) is 0 Å². The molecule has 0 unspecified atom stereocenters. The van der Waals surface area contributed by atoms with Crippen molar-refractivity contribution in [1.29, 1.82) is 0 Å². The van der Waals surface area contributed by atoms with E-state index in [1.807, 2.05) is 26.0 Å². The van der Waals surface area contributed by atoms with E-state index in [0.29, 0.717) is 11.5 Å². The van der Waals surface area contributed by atoms with Crippen molar-refractivity contribution in [2.75, 3.05) is 5.32 Å². The summed E-state index contributed by atoms with van der Waals surface area (Å²) in [4.78, 5) is 26.0. The van der Waals surface area contributed by atoms with E-state index in [0.717, 1.165) is 33.1 Å². The Labute approximate surface area is 169 Å². The summed E-state index contributed by atoms with van der Waals surface area (Å²) in [5.41, 5.74) is 2.70. The van der Waals surface area contributed by atoms with Crippen molar-refractivity contribution in [2.45, 2.75) is 20.8 Å². The number of nitrogens with one attached hydrogen (secondary N) is 1. The van der Waals surface area contributed by atoms with Gasteiger partial charge in [-0.2, -0.15) is 0 Å². The first kappa shape index (κ1) is 18.9. The summed E-state index contributed by atoms with van der Waals surface area (Å²) in [5, 5.41) is 7.42. The predicted octanol–water partition coefficient (Wildman–Crippen LogP) is 4.57. The molecule has 0 radical (unpaired) electrons. The van der Waals surface area contributed by atoms with Crippen LogP contribution in [0.5, 0.6) is 0 Å². The molecule has 0 aliphatic heterocycles. The van der Waals surface area contributed by atoms with Gasteiger partial charge in [-0.1, -0.05) is 5.16 Å². The van der Waals surface area contributed by atoms with E-state index in [1.165, 1.54) is 24.5 Å². The molecule has 1 N–H and O–H groups in total. The van der Waals surface area contributed by atoms with Gasteiger partial charge in [0, 0.05) is 34.5 Å². The number of anilines is 1. The third-order valence-electron chi connectivity index (χ3n) is 4.32. The molecular formula is C20H16FN5O2S. The number of hydrogen-bond acceptors (Lipinski definition) is 7. The van der Waals surface area contributed by atoms with Gasteiger partial charge in [-0.3, -0.25) is 9.78 Å². The van der Waals surface area contributed by atoms with Crippen molar-refractivity contribution in [3.05, 3.63) is 64.4 Å². The highest BCUT2D eigenvalue weighted by atomic mass is 32.1. The maximum atomic E-state index is 13.6. The molecule has 0 saturated heterocycles. The third kappa shape index (κ3) is 3.77. The molecule has 4 aromatic heterocycles. The van der Waals surface area contributed by atoms with E-state index >= 15 is 0 Å². The van der Waals surface area contributed by atoms with E-state index < -0.39 is 11.7 Å². The number of amides is 1. The molecule has 0 spiro atoms. The Bertz CT molecular complexity index is 1200. The Morgan fingerprint density at radius 3 is 2.69 bits per heavy atom. The van der Waals surface area contributed by atoms with Gasteiger partial charge in [-0.15, -0.1) is 11.3 Å². The lowest BCUT2D eigenvalue weighted by Gasteiger charge is -2.07. The van der Waals surface area contributed by atoms with Crippen LogP contribution in [0.15, 0.2) is 41.3 Å². The molecule has 0 fully saturated rings. The van der Waals surface area contributed by atoms with Crippen LogP contribution in [0.2, 0.25) is 0 Å². The van der Waals surface area contributed by atoms with Crippen LogP contribution < -0.4 is 5.32 Å². The highest BCUT2D eigenvalue weighted by Crippen LogP contribution is 2.33. The predicted molar refractivity (Wildman–Crippen MR) is 107 cm³/mol. The molecule has 4 rings (SSSR count). The molecule has 0 aromatic carbocycles. The number of aryl methyl sites for hydroxylation is 2. The van der Waals surface area contributed by atoms with Gasteiger partial charge in [-0.25, -0.2) is 14.4 Å². The zero-order valence-electron chi connectivity index (χ0n) is 15.9. The fraction of sp³-hybridized carbons (Fsp3) is 0.150. The minimum atomic E-state index is -0.530. The van der Waals surface area contributed by atoms with Crippen LogP contribution in [-0.2, 0) is 0 Å². The number of carbonyl (C=O) groups is 1. The highest BCUT2D eigenvalue weighted by molar-refractivity contribution is 7.15. The number of hydrogen-bond donors (Lipinski definition) is 1. The minimum Gasteiger partial charge on any atom is -0.361 e. The number of rotatable bonds is 4. The second-order valence-electron chi connectivity index (χ2n) is 6.43. The van der Waals surface area contributed by atoms with Crippen LogP contribution in [0.1, 0.15) is 26.6 Å². The average molecular weight is 409 g/mol. The van der Waals surface area contributed by atoms with Crippen LogP contribution in [-0.4, -0.2) is 26.0 Å². The number of carbonyl (C=O) groups excluding carboxylic acids is 1. The SMILES string of the molecule is Cc1cc(-c2nc(-c3ccc(NC(=O)c4cncc(F)c4C)nc3)c(C)s2)no1. The van der Waals surface area contributed by atoms with E-state index in [1.54, 1.807) is 12.3 Å². The molecule has 4 aromatic rings. The number of nitrogens with zero attached hydrogens (tertiary/aromatic N) is 4. The molecule has 0 bridgehead atoms. The molecule has 29 heavy (non-hydrogen) atoms. The van der Waals surface area contributed by atoms with Crippen molar-refractivity contribution >= 4 is 23.1 Å². The molecule has 0 aliphatic carbocycles. The summed E-state index contributed by atoms with van der Waals surface area (Å²) in [5.74, 6) is 0.0730. The molecule has 0 saturated carbocycles. The Balaban J connectivity index is 1.55. The fourth-order valence-corrected chi connectivity index (χ4v) is 3.65. The Hall–Kier alpha value is -3.46. The second kappa shape index (κ2) is 7.51. The van der Waals surface area contributed by atoms with Gasteiger partial charge in [0.2, 0.25) is 0 Å². The summed E-state index contributed by atoms with van der Waals surface area (Å²) >= 11 is 1.52. The average Bonchev–Trinajstić information content (AvgIpc) is 3.30. The minimum absolute atomic E-state index is 0.166. The van der Waals surface area contributed by atoms with Crippen molar-refractivity contribution < 1.29 is 13.7 Å². The van der Waals surface area contributed by atoms with Gasteiger partial charge < -0.3 is 9.84 Å². The van der Waals surface area contributed by atoms with Crippen LogP contribution in [0.3, 0.4) is 0 Å².